The molecule has 0 saturated carbocycles. The molecule has 2 N–H and O–H groups in total. The van der Waals surface area contributed by atoms with Gasteiger partial charge in [0.25, 0.3) is 0 Å². The number of hydrogen-bond acceptors (Lipinski definition) is 4. The maximum absolute atomic E-state index is 12.7. The van der Waals surface area contributed by atoms with Crippen LogP contribution in [0.15, 0.2) is 23.1 Å². The molecule has 112 valence electrons. The zero-order chi connectivity index (χ0) is 14.9. The Morgan fingerprint density at radius 3 is 2.55 bits per heavy atom. The van der Waals surface area contributed by atoms with Crippen LogP contribution in [0.2, 0.25) is 10.0 Å². The van der Waals surface area contributed by atoms with Crippen molar-refractivity contribution in [1.82, 2.24) is 4.31 Å². The van der Waals surface area contributed by atoms with E-state index in [2.05, 4.69) is 0 Å². The van der Waals surface area contributed by atoms with E-state index in [1.807, 2.05) is 0 Å². The Morgan fingerprint density at radius 1 is 1.40 bits per heavy atom. The normalized spacial score (nSPS) is 22.7. The van der Waals surface area contributed by atoms with E-state index in [1.165, 1.54) is 16.4 Å². The van der Waals surface area contributed by atoms with Crippen LogP contribution >= 0.6 is 23.2 Å². The molecule has 1 aliphatic rings. The molecule has 2 rings (SSSR count). The molecule has 0 amide bonds. The van der Waals surface area contributed by atoms with Gasteiger partial charge in [0.1, 0.15) is 4.90 Å². The van der Waals surface area contributed by atoms with Crippen LogP contribution in [0.3, 0.4) is 0 Å². The molecule has 1 heterocycles. The van der Waals surface area contributed by atoms with E-state index in [0.29, 0.717) is 6.61 Å². The minimum atomic E-state index is -3.76. The molecular formula is C12H16Cl2N2O3S. The van der Waals surface area contributed by atoms with E-state index < -0.39 is 10.0 Å². The van der Waals surface area contributed by atoms with Crippen molar-refractivity contribution >= 4 is 33.2 Å². The van der Waals surface area contributed by atoms with Crippen LogP contribution < -0.4 is 5.73 Å². The number of halogens is 2. The van der Waals surface area contributed by atoms with Gasteiger partial charge in [-0.15, -0.1) is 0 Å². The first-order valence-corrected chi connectivity index (χ1v) is 8.35. The zero-order valence-corrected chi connectivity index (χ0v) is 13.2. The summed E-state index contributed by atoms with van der Waals surface area (Å²) in [4.78, 5) is -0.0614. The molecule has 0 spiro atoms. The molecule has 5 nitrogen and oxygen atoms in total. The Morgan fingerprint density at radius 2 is 2.00 bits per heavy atom. The third-order valence-corrected chi connectivity index (χ3v) is 5.98. The van der Waals surface area contributed by atoms with Gasteiger partial charge >= 0.3 is 0 Å². The van der Waals surface area contributed by atoms with E-state index in [-0.39, 0.29) is 40.2 Å². The molecule has 0 bridgehead atoms. The Hall–Kier alpha value is -0.370. The highest BCUT2D eigenvalue weighted by Gasteiger charge is 2.34. The van der Waals surface area contributed by atoms with Crippen LogP contribution in [0.1, 0.15) is 6.92 Å². The van der Waals surface area contributed by atoms with E-state index in [4.69, 9.17) is 33.7 Å². The largest absolute Gasteiger partial charge is 0.374 e. The van der Waals surface area contributed by atoms with Crippen molar-refractivity contribution in [2.24, 2.45) is 5.73 Å². The molecule has 0 aromatic heterocycles. The van der Waals surface area contributed by atoms with Gasteiger partial charge in [-0.25, -0.2) is 8.42 Å². The van der Waals surface area contributed by atoms with Crippen LogP contribution in [0, 0.1) is 0 Å². The van der Waals surface area contributed by atoms with Crippen LogP contribution in [0.5, 0.6) is 0 Å². The van der Waals surface area contributed by atoms with Gasteiger partial charge in [-0.2, -0.15) is 4.31 Å². The summed E-state index contributed by atoms with van der Waals surface area (Å²) < 4.78 is 32.1. The highest BCUT2D eigenvalue weighted by atomic mass is 35.5. The molecule has 1 aliphatic heterocycles. The molecule has 2 unspecified atom stereocenters. The van der Waals surface area contributed by atoms with Gasteiger partial charge in [0.2, 0.25) is 10.0 Å². The molecule has 20 heavy (non-hydrogen) atoms. The van der Waals surface area contributed by atoms with Gasteiger partial charge in [-0.05, 0) is 19.1 Å². The molecule has 1 fully saturated rings. The topological polar surface area (TPSA) is 72.6 Å². The van der Waals surface area contributed by atoms with Gasteiger partial charge in [0.05, 0.1) is 22.8 Å². The van der Waals surface area contributed by atoms with Crippen LogP contribution in [-0.2, 0) is 14.8 Å². The van der Waals surface area contributed by atoms with Crippen molar-refractivity contribution in [3.8, 4) is 0 Å². The van der Waals surface area contributed by atoms with Gasteiger partial charge in [-0.3, -0.25) is 0 Å². The molecule has 1 aromatic carbocycles. The van der Waals surface area contributed by atoms with Crippen LogP contribution in [0.4, 0.5) is 0 Å². The predicted molar refractivity (Wildman–Crippen MR) is 78.6 cm³/mol. The Balaban J connectivity index is 2.35. The highest BCUT2D eigenvalue weighted by Crippen LogP contribution is 2.32. The Kier molecular flexibility index (Phi) is 4.94. The minimum Gasteiger partial charge on any atom is -0.374 e. The van der Waals surface area contributed by atoms with E-state index in [9.17, 15) is 8.42 Å². The van der Waals surface area contributed by atoms with E-state index in [1.54, 1.807) is 13.0 Å². The van der Waals surface area contributed by atoms with Gasteiger partial charge < -0.3 is 10.5 Å². The Labute approximate surface area is 128 Å². The summed E-state index contributed by atoms with van der Waals surface area (Å²) in [6.45, 7) is 2.53. The first kappa shape index (κ1) is 16.0. The van der Waals surface area contributed by atoms with Crippen molar-refractivity contribution in [1.29, 1.82) is 0 Å². The monoisotopic (exact) mass is 338 g/mol. The third-order valence-electron chi connectivity index (χ3n) is 3.16. The van der Waals surface area contributed by atoms with Crippen molar-refractivity contribution < 1.29 is 13.2 Å². The fourth-order valence-corrected chi connectivity index (χ4v) is 4.57. The Bertz CT molecular complexity index is 572. The smallest absolute Gasteiger partial charge is 0.246 e. The van der Waals surface area contributed by atoms with Crippen molar-refractivity contribution in [3.05, 3.63) is 28.2 Å². The predicted octanol–water partition coefficient (Wildman–Crippen LogP) is 1.73. The molecule has 0 radical (unpaired) electrons. The van der Waals surface area contributed by atoms with E-state index >= 15 is 0 Å². The average Bonchev–Trinajstić information content (AvgIpc) is 2.38. The summed E-state index contributed by atoms with van der Waals surface area (Å²) in [5, 5.41) is 0.225. The fraction of sp³-hybridized carbons (Fsp3) is 0.500. The quantitative estimate of drug-likeness (QED) is 0.910. The average molecular weight is 339 g/mol. The molecule has 8 heteroatoms. The third kappa shape index (κ3) is 3.10. The highest BCUT2D eigenvalue weighted by molar-refractivity contribution is 7.89. The number of hydrogen-bond donors (Lipinski definition) is 1. The van der Waals surface area contributed by atoms with Gasteiger partial charge in [-0.1, -0.05) is 29.3 Å². The summed E-state index contributed by atoms with van der Waals surface area (Å²) in [7, 11) is -3.76. The van der Waals surface area contributed by atoms with Gasteiger partial charge in [0.15, 0.2) is 0 Å². The van der Waals surface area contributed by atoms with Crippen LogP contribution in [0.25, 0.3) is 0 Å². The number of ether oxygens (including phenoxy) is 1. The zero-order valence-electron chi connectivity index (χ0n) is 10.9. The first-order chi connectivity index (χ1) is 9.34. The number of sulfonamides is 1. The number of nitrogens with two attached hydrogens (primary N) is 1. The summed E-state index contributed by atoms with van der Waals surface area (Å²) in [6, 6.07) is 4.36. The van der Waals surface area contributed by atoms with Crippen molar-refractivity contribution in [2.45, 2.75) is 24.0 Å². The SMILES string of the molecule is CC(N)C1CN(S(=O)(=O)c2c(Cl)cccc2Cl)CCO1. The fourth-order valence-electron chi connectivity index (χ4n) is 2.05. The maximum Gasteiger partial charge on any atom is 0.246 e. The van der Waals surface area contributed by atoms with Crippen molar-refractivity contribution in [2.75, 3.05) is 19.7 Å². The standard InChI is InChI=1S/C12H16Cl2N2O3S/c1-8(15)11-7-16(5-6-19-11)20(17,18)12-9(13)3-2-4-10(12)14/h2-4,8,11H,5-7,15H2,1H3. The second kappa shape index (κ2) is 6.17. The number of rotatable bonds is 3. The molecule has 1 aromatic rings. The molecule has 0 aliphatic carbocycles. The summed E-state index contributed by atoms with van der Waals surface area (Å²) in [5.41, 5.74) is 5.77. The maximum atomic E-state index is 12.7. The lowest BCUT2D eigenvalue weighted by molar-refractivity contribution is -0.0120. The van der Waals surface area contributed by atoms with Crippen LogP contribution in [-0.4, -0.2) is 44.6 Å². The molecule has 2 atom stereocenters. The lowest BCUT2D eigenvalue weighted by Gasteiger charge is -2.34. The summed E-state index contributed by atoms with van der Waals surface area (Å²) >= 11 is 12.0. The minimum absolute atomic E-state index is 0.0614. The molecular weight excluding hydrogens is 323 g/mol. The summed E-state index contributed by atoms with van der Waals surface area (Å²) in [6.07, 6.45) is -0.334. The number of nitrogens with zero attached hydrogens (tertiary/aromatic N) is 1. The second-order valence-corrected chi connectivity index (χ2v) is 7.37. The second-order valence-electron chi connectivity index (χ2n) is 4.68. The summed E-state index contributed by atoms with van der Waals surface area (Å²) in [5.74, 6) is 0. The van der Waals surface area contributed by atoms with Gasteiger partial charge in [0, 0.05) is 19.1 Å². The first-order valence-electron chi connectivity index (χ1n) is 6.15. The lowest BCUT2D eigenvalue weighted by Crippen LogP contribution is -2.51. The lowest BCUT2D eigenvalue weighted by atomic mass is 10.2. The number of benzene rings is 1. The van der Waals surface area contributed by atoms with E-state index in [0.717, 1.165) is 0 Å². The molecule has 1 saturated heterocycles. The van der Waals surface area contributed by atoms with Crippen molar-refractivity contribution in [3.63, 3.8) is 0 Å². The number of morpholine rings is 1.